The lowest BCUT2D eigenvalue weighted by Gasteiger charge is -2.09. The highest BCUT2D eigenvalue weighted by molar-refractivity contribution is 7.90. The van der Waals surface area contributed by atoms with Crippen molar-refractivity contribution in [3.8, 4) is 0 Å². The Balaban J connectivity index is 2.73. The zero-order chi connectivity index (χ0) is 11.5. The number of anilines is 1. The van der Waals surface area contributed by atoms with Crippen molar-refractivity contribution in [2.75, 3.05) is 18.1 Å². The minimum atomic E-state index is -3.10. The summed E-state index contributed by atoms with van der Waals surface area (Å²) in [5, 5.41) is 3.10. The Kier molecular flexibility index (Phi) is 3.71. The molecular weight excluding hydrogens is 212 g/mol. The first-order valence-corrected chi connectivity index (χ1v) is 6.58. The summed E-state index contributed by atoms with van der Waals surface area (Å²) in [4.78, 5) is 0.328. The molecule has 0 aliphatic rings. The van der Waals surface area contributed by atoms with Crippen LogP contribution in [0.2, 0.25) is 0 Å². The van der Waals surface area contributed by atoms with Crippen LogP contribution >= 0.6 is 0 Å². The molecule has 0 saturated carbocycles. The lowest BCUT2D eigenvalue weighted by molar-refractivity contribution is 0.602. The molecule has 0 aromatic heterocycles. The summed E-state index contributed by atoms with van der Waals surface area (Å²) < 4.78 is 22.3. The van der Waals surface area contributed by atoms with E-state index < -0.39 is 9.84 Å². The monoisotopic (exact) mass is 228 g/mol. The molecular formula is C10H16N2O2S. The maximum Gasteiger partial charge on any atom is 0.175 e. The van der Waals surface area contributed by atoms with E-state index >= 15 is 0 Å². The second-order valence-electron chi connectivity index (χ2n) is 3.65. The summed E-state index contributed by atoms with van der Waals surface area (Å²) in [5.74, 6) is 0. The number of nitrogens with one attached hydrogen (secondary N) is 1. The fourth-order valence-electron chi connectivity index (χ4n) is 1.10. The Morgan fingerprint density at radius 3 is 2.27 bits per heavy atom. The van der Waals surface area contributed by atoms with Gasteiger partial charge < -0.3 is 11.1 Å². The molecule has 0 aliphatic carbocycles. The number of hydrogen-bond acceptors (Lipinski definition) is 4. The summed E-state index contributed by atoms with van der Waals surface area (Å²) in [7, 11) is -3.10. The van der Waals surface area contributed by atoms with Gasteiger partial charge in [-0.1, -0.05) is 0 Å². The van der Waals surface area contributed by atoms with Gasteiger partial charge in [0.2, 0.25) is 0 Å². The fourth-order valence-corrected chi connectivity index (χ4v) is 1.73. The first kappa shape index (κ1) is 12.0. The molecule has 3 N–H and O–H groups in total. The van der Waals surface area contributed by atoms with E-state index in [1.54, 1.807) is 24.3 Å². The number of benzene rings is 1. The van der Waals surface area contributed by atoms with Crippen molar-refractivity contribution in [3.05, 3.63) is 24.3 Å². The predicted octanol–water partition coefficient (Wildman–Crippen LogP) is 0.849. The van der Waals surface area contributed by atoms with E-state index in [1.807, 2.05) is 6.92 Å². The minimum Gasteiger partial charge on any atom is -0.383 e. The van der Waals surface area contributed by atoms with Crippen molar-refractivity contribution < 1.29 is 8.42 Å². The first-order chi connectivity index (χ1) is 6.89. The standard InChI is InChI=1S/C10H16N2O2S/c1-8(11)7-12-9-3-5-10(6-4-9)15(2,13)14/h3-6,8,12H,7,11H2,1-2H3. The highest BCUT2D eigenvalue weighted by Crippen LogP contribution is 2.13. The van der Waals surface area contributed by atoms with Gasteiger partial charge in [0, 0.05) is 24.5 Å². The van der Waals surface area contributed by atoms with Crippen molar-refractivity contribution in [2.24, 2.45) is 5.73 Å². The number of sulfone groups is 1. The van der Waals surface area contributed by atoms with E-state index in [9.17, 15) is 8.42 Å². The van der Waals surface area contributed by atoms with Gasteiger partial charge in [-0.15, -0.1) is 0 Å². The van der Waals surface area contributed by atoms with Crippen LogP contribution in [0.15, 0.2) is 29.2 Å². The van der Waals surface area contributed by atoms with Crippen LogP contribution in [0.3, 0.4) is 0 Å². The molecule has 0 radical (unpaired) electrons. The fraction of sp³-hybridized carbons (Fsp3) is 0.400. The third kappa shape index (κ3) is 3.89. The average molecular weight is 228 g/mol. The molecule has 0 saturated heterocycles. The van der Waals surface area contributed by atoms with Gasteiger partial charge in [0.15, 0.2) is 9.84 Å². The zero-order valence-electron chi connectivity index (χ0n) is 8.90. The van der Waals surface area contributed by atoms with E-state index in [0.717, 1.165) is 5.69 Å². The summed E-state index contributed by atoms with van der Waals surface area (Å²) in [6.45, 7) is 2.57. The Labute approximate surface area is 90.4 Å². The van der Waals surface area contributed by atoms with E-state index in [4.69, 9.17) is 5.73 Å². The number of rotatable bonds is 4. The largest absolute Gasteiger partial charge is 0.383 e. The van der Waals surface area contributed by atoms with Crippen LogP contribution < -0.4 is 11.1 Å². The van der Waals surface area contributed by atoms with Gasteiger partial charge >= 0.3 is 0 Å². The van der Waals surface area contributed by atoms with Crippen molar-refractivity contribution in [2.45, 2.75) is 17.9 Å². The van der Waals surface area contributed by atoms with Gasteiger partial charge in [0.1, 0.15) is 0 Å². The molecule has 0 aliphatic heterocycles. The van der Waals surface area contributed by atoms with Gasteiger partial charge in [0.25, 0.3) is 0 Å². The van der Waals surface area contributed by atoms with Gasteiger partial charge in [-0.3, -0.25) is 0 Å². The van der Waals surface area contributed by atoms with Crippen LogP contribution in [0, 0.1) is 0 Å². The maximum absolute atomic E-state index is 11.2. The lowest BCUT2D eigenvalue weighted by atomic mass is 10.3. The molecule has 1 atom stereocenters. The Morgan fingerprint density at radius 2 is 1.87 bits per heavy atom. The molecule has 0 heterocycles. The molecule has 0 spiro atoms. The van der Waals surface area contributed by atoms with Crippen molar-refractivity contribution >= 4 is 15.5 Å². The quantitative estimate of drug-likeness (QED) is 0.801. The average Bonchev–Trinajstić information content (AvgIpc) is 2.14. The van der Waals surface area contributed by atoms with E-state index in [-0.39, 0.29) is 6.04 Å². The van der Waals surface area contributed by atoms with Crippen LogP contribution in [0.25, 0.3) is 0 Å². The van der Waals surface area contributed by atoms with Crippen molar-refractivity contribution in [1.29, 1.82) is 0 Å². The smallest absolute Gasteiger partial charge is 0.175 e. The molecule has 0 amide bonds. The van der Waals surface area contributed by atoms with E-state index in [0.29, 0.717) is 11.4 Å². The Bertz CT molecular complexity index is 410. The molecule has 84 valence electrons. The molecule has 0 fully saturated rings. The Hall–Kier alpha value is -1.07. The van der Waals surface area contributed by atoms with Crippen LogP contribution in [0.5, 0.6) is 0 Å². The lowest BCUT2D eigenvalue weighted by Crippen LogP contribution is -2.25. The highest BCUT2D eigenvalue weighted by Gasteiger charge is 2.05. The third-order valence-electron chi connectivity index (χ3n) is 1.91. The predicted molar refractivity (Wildman–Crippen MR) is 61.7 cm³/mol. The zero-order valence-corrected chi connectivity index (χ0v) is 9.71. The van der Waals surface area contributed by atoms with Crippen LogP contribution in [-0.4, -0.2) is 27.3 Å². The summed E-state index contributed by atoms with van der Waals surface area (Å²) in [6, 6.07) is 6.70. The van der Waals surface area contributed by atoms with Crippen LogP contribution in [0.1, 0.15) is 6.92 Å². The molecule has 4 nitrogen and oxygen atoms in total. The molecule has 1 unspecified atom stereocenters. The molecule has 1 aromatic rings. The molecule has 1 rings (SSSR count). The molecule has 15 heavy (non-hydrogen) atoms. The second kappa shape index (κ2) is 4.63. The van der Waals surface area contributed by atoms with Gasteiger partial charge in [0.05, 0.1) is 4.90 Å². The van der Waals surface area contributed by atoms with Crippen molar-refractivity contribution in [3.63, 3.8) is 0 Å². The van der Waals surface area contributed by atoms with Gasteiger partial charge in [-0.25, -0.2) is 8.42 Å². The number of nitrogens with two attached hydrogens (primary N) is 1. The minimum absolute atomic E-state index is 0.0691. The summed E-state index contributed by atoms with van der Waals surface area (Å²) in [6.07, 6.45) is 1.19. The van der Waals surface area contributed by atoms with Gasteiger partial charge in [-0.2, -0.15) is 0 Å². The van der Waals surface area contributed by atoms with Crippen LogP contribution in [-0.2, 0) is 9.84 Å². The van der Waals surface area contributed by atoms with Gasteiger partial charge in [-0.05, 0) is 31.2 Å². The topological polar surface area (TPSA) is 72.2 Å². The first-order valence-electron chi connectivity index (χ1n) is 4.69. The van der Waals surface area contributed by atoms with E-state index in [1.165, 1.54) is 6.26 Å². The highest BCUT2D eigenvalue weighted by atomic mass is 32.2. The normalized spacial score (nSPS) is 13.5. The second-order valence-corrected chi connectivity index (χ2v) is 5.67. The van der Waals surface area contributed by atoms with E-state index in [2.05, 4.69) is 5.32 Å². The molecule has 0 bridgehead atoms. The molecule has 1 aromatic carbocycles. The maximum atomic E-state index is 11.2. The summed E-state index contributed by atoms with van der Waals surface area (Å²) in [5.41, 5.74) is 6.46. The summed E-state index contributed by atoms with van der Waals surface area (Å²) >= 11 is 0. The molecule has 5 heteroatoms. The SMILES string of the molecule is CC(N)CNc1ccc(S(C)(=O)=O)cc1. The van der Waals surface area contributed by atoms with Crippen LogP contribution in [0.4, 0.5) is 5.69 Å². The number of hydrogen-bond donors (Lipinski definition) is 2. The van der Waals surface area contributed by atoms with Crippen molar-refractivity contribution in [1.82, 2.24) is 0 Å². The third-order valence-corrected chi connectivity index (χ3v) is 3.04. The Morgan fingerprint density at radius 1 is 1.33 bits per heavy atom.